The number of halogens is 3. The van der Waals surface area contributed by atoms with Crippen molar-refractivity contribution in [3.8, 4) is 5.75 Å². The summed E-state index contributed by atoms with van der Waals surface area (Å²) in [7, 11) is 1.67. The van der Waals surface area contributed by atoms with E-state index in [4.69, 9.17) is 20.4 Å². The molecule has 2 fully saturated rings. The molecule has 4 rings (SSSR count). The molecule has 3 N–H and O–H groups in total. The van der Waals surface area contributed by atoms with Crippen LogP contribution < -0.4 is 15.4 Å². The van der Waals surface area contributed by atoms with Crippen molar-refractivity contribution >= 4 is 22.7 Å². The topological polar surface area (TPSA) is 102 Å². The molecule has 0 unspecified atom stereocenters. The second-order valence-corrected chi connectivity index (χ2v) is 6.91. The maximum atomic E-state index is 10.6. The SMILES string of the molecule is COc1ccc2c(N3CC4(CC(N)C4)C3)ncnc2c1.O=C(O)C(F)(F)F. The number of carboxylic acids is 1. The van der Waals surface area contributed by atoms with Gasteiger partial charge in [0.15, 0.2) is 0 Å². The van der Waals surface area contributed by atoms with Gasteiger partial charge in [0.05, 0.1) is 12.6 Å². The van der Waals surface area contributed by atoms with Crippen molar-refractivity contribution in [1.82, 2.24) is 9.97 Å². The zero-order chi connectivity index (χ0) is 19.8. The number of ether oxygens (including phenoxy) is 1. The highest BCUT2D eigenvalue weighted by atomic mass is 19.4. The van der Waals surface area contributed by atoms with Crippen LogP contribution >= 0.6 is 0 Å². The lowest BCUT2D eigenvalue weighted by Crippen LogP contribution is -2.65. The van der Waals surface area contributed by atoms with Crippen LogP contribution in [-0.2, 0) is 4.79 Å². The van der Waals surface area contributed by atoms with Gasteiger partial charge in [0.25, 0.3) is 0 Å². The van der Waals surface area contributed by atoms with Gasteiger partial charge in [-0.3, -0.25) is 0 Å². The monoisotopic (exact) mass is 384 g/mol. The van der Waals surface area contributed by atoms with Crippen LogP contribution in [-0.4, -0.2) is 53.5 Å². The third kappa shape index (κ3) is 3.90. The lowest BCUT2D eigenvalue weighted by Gasteiger charge is -2.58. The number of benzene rings is 1. The number of hydrogen-bond acceptors (Lipinski definition) is 6. The van der Waals surface area contributed by atoms with E-state index in [0.717, 1.165) is 48.4 Å². The largest absolute Gasteiger partial charge is 0.497 e. The van der Waals surface area contributed by atoms with E-state index in [0.29, 0.717) is 11.5 Å². The molecule has 1 aromatic carbocycles. The lowest BCUT2D eigenvalue weighted by molar-refractivity contribution is -0.192. The van der Waals surface area contributed by atoms with Crippen LogP contribution in [0.3, 0.4) is 0 Å². The molecule has 1 saturated carbocycles. The first-order valence-electron chi connectivity index (χ1n) is 8.23. The molecule has 1 aliphatic heterocycles. The molecule has 2 aliphatic rings. The number of fused-ring (bicyclic) bond motifs is 1. The van der Waals surface area contributed by atoms with Gasteiger partial charge in [-0.05, 0) is 25.0 Å². The van der Waals surface area contributed by atoms with Gasteiger partial charge >= 0.3 is 12.1 Å². The van der Waals surface area contributed by atoms with Crippen molar-refractivity contribution in [2.75, 3.05) is 25.1 Å². The Morgan fingerprint density at radius 2 is 1.96 bits per heavy atom. The van der Waals surface area contributed by atoms with Crippen molar-refractivity contribution in [2.24, 2.45) is 11.1 Å². The number of rotatable bonds is 2. The van der Waals surface area contributed by atoms with Crippen molar-refractivity contribution in [3.63, 3.8) is 0 Å². The maximum absolute atomic E-state index is 10.6. The molecule has 1 spiro atoms. The fourth-order valence-electron chi connectivity index (χ4n) is 3.63. The molecule has 7 nitrogen and oxygen atoms in total. The van der Waals surface area contributed by atoms with Crippen molar-refractivity contribution in [2.45, 2.75) is 25.1 Å². The highest BCUT2D eigenvalue weighted by molar-refractivity contribution is 5.90. The molecule has 2 heterocycles. The van der Waals surface area contributed by atoms with Crippen molar-refractivity contribution in [3.05, 3.63) is 24.5 Å². The third-order valence-electron chi connectivity index (χ3n) is 4.81. The van der Waals surface area contributed by atoms with Crippen LogP contribution in [0.1, 0.15) is 12.8 Å². The Morgan fingerprint density at radius 3 is 2.48 bits per heavy atom. The minimum atomic E-state index is -5.08. The molecular formula is C17H19F3N4O3. The Bertz CT molecular complexity index is 845. The zero-order valence-electron chi connectivity index (χ0n) is 14.5. The standard InChI is InChI=1S/C15H18N4O.C2HF3O2/c1-20-11-2-3-12-13(4-11)17-9-18-14(12)19-7-15(8-19)5-10(16)6-15;3-2(4,5)1(6)7/h2-4,9-10H,5-8,16H2,1H3;(H,6,7). The van der Waals surface area contributed by atoms with Crippen LogP contribution in [0, 0.1) is 5.41 Å². The number of anilines is 1. The van der Waals surface area contributed by atoms with Gasteiger partial charge in [-0.25, -0.2) is 14.8 Å². The van der Waals surface area contributed by atoms with Crippen LogP contribution in [0.2, 0.25) is 0 Å². The van der Waals surface area contributed by atoms with E-state index in [1.54, 1.807) is 13.4 Å². The van der Waals surface area contributed by atoms with Crippen LogP contribution in [0.5, 0.6) is 5.75 Å². The molecule has 146 valence electrons. The predicted molar refractivity (Wildman–Crippen MR) is 91.6 cm³/mol. The molecule has 10 heteroatoms. The average molecular weight is 384 g/mol. The fraction of sp³-hybridized carbons (Fsp3) is 0.471. The van der Waals surface area contributed by atoms with E-state index in [2.05, 4.69) is 14.9 Å². The highest BCUT2D eigenvalue weighted by Gasteiger charge is 2.51. The van der Waals surface area contributed by atoms with Gasteiger partial charge < -0.3 is 20.5 Å². The van der Waals surface area contributed by atoms with E-state index < -0.39 is 12.1 Å². The molecule has 1 saturated heterocycles. The van der Waals surface area contributed by atoms with E-state index >= 15 is 0 Å². The Morgan fingerprint density at radius 1 is 1.33 bits per heavy atom. The van der Waals surface area contributed by atoms with E-state index in [9.17, 15) is 13.2 Å². The Labute approximate surface area is 152 Å². The van der Waals surface area contributed by atoms with Gasteiger partial charge in [-0.2, -0.15) is 13.2 Å². The second-order valence-electron chi connectivity index (χ2n) is 6.91. The molecule has 0 atom stereocenters. The molecule has 0 radical (unpaired) electrons. The van der Waals surface area contributed by atoms with Gasteiger partial charge in [-0.15, -0.1) is 0 Å². The summed E-state index contributed by atoms with van der Waals surface area (Å²) in [6, 6.07) is 6.36. The zero-order valence-corrected chi connectivity index (χ0v) is 14.5. The summed E-state index contributed by atoms with van der Waals surface area (Å²) < 4.78 is 37.0. The third-order valence-corrected chi connectivity index (χ3v) is 4.81. The van der Waals surface area contributed by atoms with Gasteiger partial charge in [0, 0.05) is 36.0 Å². The number of aromatic nitrogens is 2. The van der Waals surface area contributed by atoms with Crippen molar-refractivity contribution < 1.29 is 27.8 Å². The summed E-state index contributed by atoms with van der Waals surface area (Å²) in [5.41, 5.74) is 7.30. The lowest BCUT2D eigenvalue weighted by atomic mass is 9.61. The first-order chi connectivity index (χ1) is 12.6. The van der Waals surface area contributed by atoms with E-state index in [1.807, 2.05) is 18.2 Å². The van der Waals surface area contributed by atoms with E-state index in [1.165, 1.54) is 0 Å². The molecular weight excluding hydrogens is 365 g/mol. The Hall–Kier alpha value is -2.62. The Balaban J connectivity index is 0.000000260. The number of aliphatic carboxylic acids is 1. The summed E-state index contributed by atoms with van der Waals surface area (Å²) in [4.78, 5) is 20.0. The second kappa shape index (κ2) is 6.84. The number of methoxy groups -OCH3 is 1. The van der Waals surface area contributed by atoms with E-state index in [-0.39, 0.29) is 0 Å². The van der Waals surface area contributed by atoms with Crippen LogP contribution in [0.4, 0.5) is 19.0 Å². The first-order valence-corrected chi connectivity index (χ1v) is 8.23. The first kappa shape index (κ1) is 19.2. The number of hydrogen-bond donors (Lipinski definition) is 2. The predicted octanol–water partition coefficient (Wildman–Crippen LogP) is 2.20. The number of carboxylic acid groups (broad SMARTS) is 1. The smallest absolute Gasteiger partial charge is 0.490 e. The molecule has 1 aromatic heterocycles. The quantitative estimate of drug-likeness (QED) is 0.818. The maximum Gasteiger partial charge on any atom is 0.490 e. The summed E-state index contributed by atoms with van der Waals surface area (Å²) in [6.45, 7) is 2.14. The molecule has 0 amide bonds. The summed E-state index contributed by atoms with van der Waals surface area (Å²) >= 11 is 0. The average Bonchev–Trinajstić information content (AvgIpc) is 2.55. The molecule has 0 bridgehead atoms. The number of alkyl halides is 3. The fourth-order valence-corrected chi connectivity index (χ4v) is 3.63. The number of nitrogens with zero attached hydrogens (tertiary/aromatic N) is 3. The molecule has 2 aromatic rings. The summed E-state index contributed by atoms with van der Waals surface area (Å²) in [6.07, 6.45) is -1.14. The summed E-state index contributed by atoms with van der Waals surface area (Å²) in [5, 5.41) is 8.21. The summed E-state index contributed by atoms with van der Waals surface area (Å²) in [5.74, 6) is -0.900. The highest BCUT2D eigenvalue weighted by Crippen LogP contribution is 2.49. The number of carbonyl (C=O) groups is 1. The van der Waals surface area contributed by atoms with Gasteiger partial charge in [0.1, 0.15) is 17.9 Å². The van der Waals surface area contributed by atoms with Crippen LogP contribution in [0.25, 0.3) is 10.9 Å². The van der Waals surface area contributed by atoms with Crippen LogP contribution in [0.15, 0.2) is 24.5 Å². The van der Waals surface area contributed by atoms with Crippen molar-refractivity contribution in [1.29, 1.82) is 0 Å². The minimum Gasteiger partial charge on any atom is -0.497 e. The Kier molecular flexibility index (Phi) is 4.85. The minimum absolute atomic E-state index is 0.406. The van der Waals surface area contributed by atoms with Gasteiger partial charge in [-0.1, -0.05) is 0 Å². The molecule has 1 aliphatic carbocycles. The molecule has 27 heavy (non-hydrogen) atoms. The normalized spacial score (nSPS) is 18.3. The number of nitrogens with two attached hydrogens (primary N) is 1. The van der Waals surface area contributed by atoms with Gasteiger partial charge in [0.2, 0.25) is 0 Å².